The summed E-state index contributed by atoms with van der Waals surface area (Å²) in [6, 6.07) is 37.5. The molecule has 6 rings (SSSR count). The lowest BCUT2D eigenvalue weighted by Crippen LogP contribution is -2.34. The number of unbranched alkanes of at least 4 members (excludes halogenated alkanes) is 7. The van der Waals surface area contributed by atoms with Crippen molar-refractivity contribution >= 4 is 11.6 Å². The van der Waals surface area contributed by atoms with Crippen LogP contribution >= 0.6 is 0 Å². The second-order valence-electron chi connectivity index (χ2n) is 20.6. The Labute approximate surface area is 384 Å². The Morgan fingerprint density at radius 1 is 0.406 bits per heavy atom. The van der Waals surface area contributed by atoms with Crippen molar-refractivity contribution in [3.05, 3.63) is 165 Å². The van der Waals surface area contributed by atoms with Gasteiger partial charge in [0, 0.05) is 35.3 Å². The Balaban J connectivity index is 1.09. The summed E-state index contributed by atoms with van der Waals surface area (Å²) in [7, 11) is 0. The molecule has 0 heterocycles. The molecule has 64 heavy (non-hydrogen) atoms. The molecule has 0 spiro atoms. The summed E-state index contributed by atoms with van der Waals surface area (Å²) in [6.07, 6.45) is 13.8. The number of fused-ring (bicyclic) bond motifs is 2. The first-order valence-electron chi connectivity index (χ1n) is 23.5. The molecule has 5 aromatic rings. The van der Waals surface area contributed by atoms with Crippen molar-refractivity contribution in [1.29, 1.82) is 0 Å². The highest BCUT2D eigenvalue weighted by molar-refractivity contribution is 6.28. The molecule has 0 amide bonds. The molecule has 0 aromatic heterocycles. The Morgan fingerprint density at radius 3 is 1.08 bits per heavy atom. The number of terminal acetylenes is 1. The Hall–Kier alpha value is -5.44. The fraction of sp³-hybridized carbons (Fsp3) is 0.424. The number of carbonyl (C=O) groups excluding carboxylic acids is 2. The van der Waals surface area contributed by atoms with Gasteiger partial charge in [-0.15, -0.1) is 12.3 Å². The smallest absolute Gasteiger partial charge is 0.194 e. The van der Waals surface area contributed by atoms with Crippen molar-refractivity contribution in [3.8, 4) is 23.8 Å². The van der Waals surface area contributed by atoms with Gasteiger partial charge >= 0.3 is 0 Å². The second-order valence-corrected chi connectivity index (χ2v) is 20.6. The molecule has 336 valence electrons. The average molecular weight is 859 g/mol. The van der Waals surface area contributed by atoms with Gasteiger partial charge in [0.1, 0.15) is 17.1 Å². The Morgan fingerprint density at radius 2 is 0.734 bits per heavy atom. The first-order valence-corrected chi connectivity index (χ1v) is 23.5. The zero-order chi connectivity index (χ0) is 46.1. The van der Waals surface area contributed by atoms with E-state index in [1.807, 2.05) is 0 Å². The molecule has 0 atom stereocenters. The fourth-order valence-electron chi connectivity index (χ4n) is 8.50. The van der Waals surface area contributed by atoms with Gasteiger partial charge in [-0.3, -0.25) is 9.59 Å². The number of hydrogen-bond donors (Lipinski definition) is 0. The summed E-state index contributed by atoms with van der Waals surface area (Å²) in [5.41, 5.74) is 8.03. The van der Waals surface area contributed by atoms with E-state index in [2.05, 4.69) is 141 Å². The van der Waals surface area contributed by atoms with Gasteiger partial charge in [0.25, 0.3) is 0 Å². The minimum absolute atomic E-state index is 0.0288. The maximum atomic E-state index is 13.6. The molecule has 0 fully saturated rings. The maximum Gasteiger partial charge on any atom is 0.194 e. The molecule has 5 heteroatoms. The topological polar surface area (TPSA) is 61.8 Å². The molecule has 1 aliphatic carbocycles. The Bertz CT molecular complexity index is 2250. The van der Waals surface area contributed by atoms with Gasteiger partial charge in [0.2, 0.25) is 0 Å². The normalized spacial score (nSPS) is 13.0. The molecule has 1 aliphatic rings. The third-order valence-electron chi connectivity index (χ3n) is 12.5. The molecule has 0 N–H and O–H groups in total. The molecule has 0 saturated carbocycles. The van der Waals surface area contributed by atoms with Gasteiger partial charge in [-0.05, 0) is 118 Å². The third-order valence-corrected chi connectivity index (χ3v) is 12.5. The predicted molar refractivity (Wildman–Crippen MR) is 262 cm³/mol. The number of hydrogen-bond acceptors (Lipinski definition) is 5. The van der Waals surface area contributed by atoms with Crippen LogP contribution in [-0.4, -0.2) is 31.4 Å². The highest BCUT2D eigenvalue weighted by Gasteiger charge is 2.38. The quantitative estimate of drug-likeness (QED) is 0.0461. The number of ether oxygens (including phenoxy) is 3. The summed E-state index contributed by atoms with van der Waals surface area (Å²) in [5, 5.41) is 0. The summed E-state index contributed by atoms with van der Waals surface area (Å²) in [6.45, 7) is 21.9. The van der Waals surface area contributed by atoms with Crippen LogP contribution in [0, 0.1) is 12.3 Å². The van der Waals surface area contributed by atoms with Crippen LogP contribution in [0.4, 0.5) is 0 Å². The van der Waals surface area contributed by atoms with Crippen LogP contribution in [0.15, 0.2) is 109 Å². The monoisotopic (exact) mass is 859 g/mol. The van der Waals surface area contributed by atoms with E-state index in [4.69, 9.17) is 20.6 Å². The molecule has 0 bridgehead atoms. The van der Waals surface area contributed by atoms with E-state index < -0.39 is 5.60 Å². The zero-order valence-corrected chi connectivity index (χ0v) is 40.0. The van der Waals surface area contributed by atoms with Crippen LogP contribution in [0.1, 0.15) is 185 Å². The highest BCUT2D eigenvalue weighted by atomic mass is 16.5. The molecular formula is C59H70O5. The minimum atomic E-state index is -0.809. The standard InChI is InChI=1S/C59H70O5/c1-11-12-13-14-15-18-37-62-48-33-35-50-52(40-48)54(60)51-36-34-49(41-53(51)55(50)61)63-38-19-16-17-20-39-64-59(45-27-21-42(22-28-45)56(2,3)4,46-29-23-43(24-30-46)57(5,6)7)47-31-25-44(26-32-47)58(8,9)10/h1,21-36,40-41H,12-20,37-39H2,2-10H3. The first kappa shape index (κ1) is 48.0. The number of benzene rings is 5. The minimum Gasteiger partial charge on any atom is -0.494 e. The fourth-order valence-corrected chi connectivity index (χ4v) is 8.50. The van der Waals surface area contributed by atoms with E-state index in [1.165, 1.54) is 16.7 Å². The van der Waals surface area contributed by atoms with Crippen molar-refractivity contribution in [2.75, 3.05) is 19.8 Å². The lowest BCUT2D eigenvalue weighted by molar-refractivity contribution is 0.0105. The molecule has 5 aromatic carbocycles. The number of carbonyl (C=O) groups is 2. The van der Waals surface area contributed by atoms with E-state index in [-0.39, 0.29) is 27.8 Å². The zero-order valence-electron chi connectivity index (χ0n) is 40.0. The van der Waals surface area contributed by atoms with Gasteiger partial charge in [-0.25, -0.2) is 0 Å². The van der Waals surface area contributed by atoms with Crippen LogP contribution in [-0.2, 0) is 26.6 Å². The van der Waals surface area contributed by atoms with Gasteiger partial charge in [-0.1, -0.05) is 154 Å². The summed E-state index contributed by atoms with van der Waals surface area (Å²) >= 11 is 0. The molecule has 0 saturated heterocycles. The Kier molecular flexibility index (Phi) is 15.5. The van der Waals surface area contributed by atoms with Crippen molar-refractivity contribution in [2.24, 2.45) is 0 Å². The largest absolute Gasteiger partial charge is 0.494 e. The summed E-state index contributed by atoms with van der Waals surface area (Å²) in [5.74, 6) is 3.51. The van der Waals surface area contributed by atoms with E-state index in [1.54, 1.807) is 36.4 Å². The first-order chi connectivity index (χ1) is 30.4. The average Bonchev–Trinajstić information content (AvgIpc) is 3.27. The van der Waals surface area contributed by atoms with E-state index in [0.717, 1.165) is 74.5 Å². The van der Waals surface area contributed by atoms with Gasteiger partial charge in [-0.2, -0.15) is 0 Å². The third kappa shape index (κ3) is 11.4. The van der Waals surface area contributed by atoms with Gasteiger partial charge in [0.05, 0.1) is 13.2 Å². The van der Waals surface area contributed by atoms with Gasteiger partial charge in [0.15, 0.2) is 11.6 Å². The molecule has 5 nitrogen and oxygen atoms in total. The summed E-state index contributed by atoms with van der Waals surface area (Å²) in [4.78, 5) is 27.2. The summed E-state index contributed by atoms with van der Waals surface area (Å²) < 4.78 is 19.4. The SMILES string of the molecule is C#CCCCCCCOc1ccc2c(c1)C(=O)c1ccc(OCCCCCCOC(c3ccc(C(C)(C)C)cc3)(c3ccc(C(C)(C)C)cc3)c3ccc(C(C)(C)C)cc3)cc1C2=O. The second kappa shape index (κ2) is 20.6. The van der Waals surface area contributed by atoms with Crippen LogP contribution in [0.3, 0.4) is 0 Å². The molecular weight excluding hydrogens is 789 g/mol. The van der Waals surface area contributed by atoms with Crippen molar-refractivity contribution < 1.29 is 23.8 Å². The van der Waals surface area contributed by atoms with Crippen LogP contribution in [0.25, 0.3) is 0 Å². The molecule has 0 radical (unpaired) electrons. The lowest BCUT2D eigenvalue weighted by Gasteiger charge is -2.37. The van der Waals surface area contributed by atoms with Crippen LogP contribution in [0.2, 0.25) is 0 Å². The van der Waals surface area contributed by atoms with Gasteiger partial charge < -0.3 is 14.2 Å². The highest BCUT2D eigenvalue weighted by Crippen LogP contribution is 2.43. The maximum absolute atomic E-state index is 13.6. The van der Waals surface area contributed by atoms with E-state index in [0.29, 0.717) is 53.6 Å². The van der Waals surface area contributed by atoms with Crippen LogP contribution < -0.4 is 9.47 Å². The van der Waals surface area contributed by atoms with Crippen molar-refractivity contribution in [3.63, 3.8) is 0 Å². The predicted octanol–water partition coefficient (Wildman–Crippen LogP) is 14.3. The van der Waals surface area contributed by atoms with E-state index in [9.17, 15) is 9.59 Å². The number of rotatable bonds is 19. The molecule has 0 unspecified atom stereocenters. The van der Waals surface area contributed by atoms with Crippen LogP contribution in [0.5, 0.6) is 11.5 Å². The van der Waals surface area contributed by atoms with E-state index >= 15 is 0 Å². The molecule has 0 aliphatic heterocycles. The lowest BCUT2D eigenvalue weighted by atomic mass is 9.76. The van der Waals surface area contributed by atoms with Crippen molar-refractivity contribution in [1.82, 2.24) is 0 Å². The van der Waals surface area contributed by atoms with Crippen molar-refractivity contribution in [2.45, 2.75) is 142 Å². The number of ketones is 2.